The summed E-state index contributed by atoms with van der Waals surface area (Å²) in [6.07, 6.45) is 1.25. The molecule has 1 aliphatic heterocycles. The van der Waals surface area contributed by atoms with Crippen molar-refractivity contribution in [2.24, 2.45) is 0 Å². The molecule has 0 spiro atoms. The number of nitrogens with two attached hydrogens (primary N) is 1. The van der Waals surface area contributed by atoms with Crippen LogP contribution in [0.15, 0.2) is 12.1 Å². The first kappa shape index (κ1) is 26.5. The number of likely N-dealkylation sites (N-methyl/N-ethyl adjacent to an activating group) is 1. The summed E-state index contributed by atoms with van der Waals surface area (Å²) in [4.78, 5) is 2.59. The van der Waals surface area contributed by atoms with Gasteiger partial charge >= 0.3 is 0 Å². The van der Waals surface area contributed by atoms with Crippen LogP contribution in [0, 0.1) is 0 Å². The lowest BCUT2D eigenvalue weighted by molar-refractivity contribution is -0.893. The van der Waals surface area contributed by atoms with Gasteiger partial charge in [-0.25, -0.2) is 0 Å². The second-order valence-electron chi connectivity index (χ2n) is 11.5. The fourth-order valence-electron chi connectivity index (χ4n) is 4.04. The SMILES string of the molecule is CC([Si])C(C)(C)c1cc(N2CCC([N+](C)(C)C)C2)cc(C(C)[Si](C)(C)C)c1N.[Cl-]. The Morgan fingerprint density at radius 3 is 2.14 bits per heavy atom. The second kappa shape index (κ2) is 8.93. The molecule has 0 aromatic heterocycles. The summed E-state index contributed by atoms with van der Waals surface area (Å²) in [6.45, 7) is 18.8. The molecule has 1 aromatic rings. The van der Waals surface area contributed by atoms with E-state index in [9.17, 15) is 0 Å². The van der Waals surface area contributed by atoms with Crippen LogP contribution >= 0.6 is 0 Å². The number of anilines is 2. The molecule has 3 nitrogen and oxygen atoms in total. The van der Waals surface area contributed by atoms with E-state index in [0.29, 0.717) is 17.1 Å². The number of halogens is 1. The van der Waals surface area contributed by atoms with Crippen LogP contribution in [0.3, 0.4) is 0 Å². The zero-order chi connectivity index (χ0) is 21.7. The van der Waals surface area contributed by atoms with Crippen molar-refractivity contribution in [3.05, 3.63) is 23.3 Å². The van der Waals surface area contributed by atoms with E-state index in [2.05, 4.69) is 95.8 Å². The lowest BCUT2D eigenvalue weighted by Crippen LogP contribution is -3.00. The van der Waals surface area contributed by atoms with Crippen molar-refractivity contribution in [1.82, 2.24) is 0 Å². The quantitative estimate of drug-likeness (QED) is 0.405. The van der Waals surface area contributed by atoms with Crippen molar-refractivity contribution in [3.63, 3.8) is 0 Å². The molecule has 0 bridgehead atoms. The molecule has 2 rings (SSSR count). The highest BCUT2D eigenvalue weighted by molar-refractivity contribution is 6.77. The summed E-state index contributed by atoms with van der Waals surface area (Å²) in [6, 6.07) is 5.47. The normalized spacial score (nSPS) is 20.4. The minimum absolute atomic E-state index is 0. The van der Waals surface area contributed by atoms with Gasteiger partial charge in [-0.3, -0.25) is 0 Å². The molecule has 3 radical (unpaired) electrons. The van der Waals surface area contributed by atoms with Gasteiger partial charge in [0.15, 0.2) is 0 Å². The van der Waals surface area contributed by atoms with Gasteiger partial charge in [-0.2, -0.15) is 0 Å². The second-order valence-corrected chi connectivity index (χ2v) is 18.0. The Morgan fingerprint density at radius 2 is 1.72 bits per heavy atom. The van der Waals surface area contributed by atoms with Crippen LogP contribution in [0.2, 0.25) is 25.2 Å². The van der Waals surface area contributed by atoms with Crippen LogP contribution in [0.25, 0.3) is 0 Å². The first-order valence-corrected chi connectivity index (χ1v) is 14.9. The molecule has 0 amide bonds. The predicted octanol–water partition coefficient (Wildman–Crippen LogP) is 1.79. The predicted molar refractivity (Wildman–Crippen MR) is 129 cm³/mol. The molecule has 29 heavy (non-hydrogen) atoms. The van der Waals surface area contributed by atoms with Gasteiger partial charge in [0.05, 0.1) is 35.8 Å². The summed E-state index contributed by atoms with van der Waals surface area (Å²) in [7, 11) is 9.49. The first-order valence-electron chi connectivity index (χ1n) is 10.8. The van der Waals surface area contributed by atoms with Crippen molar-refractivity contribution in [1.29, 1.82) is 0 Å². The van der Waals surface area contributed by atoms with E-state index in [0.717, 1.165) is 23.3 Å². The Labute approximate surface area is 190 Å². The van der Waals surface area contributed by atoms with E-state index in [1.54, 1.807) is 0 Å². The average molecular weight is 453 g/mol. The first-order chi connectivity index (χ1) is 12.6. The van der Waals surface area contributed by atoms with Crippen LogP contribution < -0.4 is 23.0 Å². The van der Waals surface area contributed by atoms with E-state index in [1.165, 1.54) is 23.2 Å². The summed E-state index contributed by atoms with van der Waals surface area (Å²) in [5.41, 5.74) is 12.7. The fraction of sp³-hybridized carbons (Fsp3) is 0.739. The Kier molecular flexibility index (Phi) is 8.18. The van der Waals surface area contributed by atoms with E-state index in [1.807, 2.05) is 0 Å². The molecule has 1 heterocycles. The Hall–Kier alpha value is -0.496. The monoisotopic (exact) mass is 452 g/mol. The van der Waals surface area contributed by atoms with Gasteiger partial charge in [-0.1, -0.05) is 47.3 Å². The number of nitrogens with zero attached hydrogens (tertiary/aromatic N) is 2. The van der Waals surface area contributed by atoms with Crippen LogP contribution in [0.4, 0.5) is 11.4 Å². The van der Waals surface area contributed by atoms with Crippen LogP contribution in [-0.2, 0) is 5.41 Å². The molecule has 1 saturated heterocycles. The molecule has 165 valence electrons. The zero-order valence-corrected chi connectivity index (χ0v) is 23.1. The number of rotatable bonds is 6. The van der Waals surface area contributed by atoms with Crippen molar-refractivity contribution in [2.45, 2.75) is 76.3 Å². The Balaban J connectivity index is 0.00000420. The summed E-state index contributed by atoms with van der Waals surface area (Å²) in [5, 5.41) is 0. The number of quaternary nitrogens is 1. The fourth-order valence-corrected chi connectivity index (χ4v) is 5.37. The van der Waals surface area contributed by atoms with Crippen molar-refractivity contribution < 1.29 is 16.9 Å². The summed E-state index contributed by atoms with van der Waals surface area (Å²) < 4.78 is 1.03. The summed E-state index contributed by atoms with van der Waals surface area (Å²) >= 11 is 0. The molecular weight excluding hydrogens is 410 g/mol. The average Bonchev–Trinajstić information content (AvgIpc) is 3.03. The van der Waals surface area contributed by atoms with E-state index in [4.69, 9.17) is 5.73 Å². The standard InChI is InChI=1S/C23H43N3Si2.ClH/c1-16(28(8,9)10)20-13-18(25-12-11-19(15-25)26(5,6)7)14-21(22(20)24)23(3,4)17(2)27;/h13-14,16-17,19H,11-12,15,24H2,1-10H3;1H/q+1;/p-1. The highest BCUT2D eigenvalue weighted by atomic mass is 35.5. The highest BCUT2D eigenvalue weighted by Crippen LogP contribution is 2.44. The molecule has 1 aromatic carbocycles. The zero-order valence-electron chi connectivity index (χ0n) is 20.4. The minimum atomic E-state index is -1.36. The van der Waals surface area contributed by atoms with E-state index < -0.39 is 8.07 Å². The third-order valence-corrected chi connectivity index (χ3v) is 11.0. The molecule has 2 N–H and O–H groups in total. The summed E-state index contributed by atoms with van der Waals surface area (Å²) in [5.74, 6) is 0. The van der Waals surface area contributed by atoms with Gasteiger partial charge in [0.1, 0.15) is 6.04 Å². The largest absolute Gasteiger partial charge is 1.00 e. The number of nitrogen functional groups attached to an aromatic ring is 1. The lowest BCUT2D eigenvalue weighted by Gasteiger charge is -2.36. The molecule has 0 aliphatic carbocycles. The van der Waals surface area contributed by atoms with Gasteiger partial charge < -0.3 is 27.5 Å². The van der Waals surface area contributed by atoms with Crippen molar-refractivity contribution in [3.8, 4) is 0 Å². The van der Waals surface area contributed by atoms with E-state index in [-0.39, 0.29) is 17.8 Å². The molecule has 1 fully saturated rings. The molecule has 3 unspecified atom stereocenters. The molecule has 0 saturated carbocycles. The minimum Gasteiger partial charge on any atom is -1.00 e. The third kappa shape index (κ3) is 5.60. The van der Waals surface area contributed by atoms with Gasteiger partial charge in [-0.05, 0) is 39.8 Å². The van der Waals surface area contributed by atoms with Gasteiger partial charge in [0, 0.05) is 34.6 Å². The van der Waals surface area contributed by atoms with Crippen LogP contribution in [0.5, 0.6) is 0 Å². The maximum Gasteiger partial charge on any atom is 0.108 e. The molecule has 1 aliphatic rings. The number of hydrogen-bond acceptors (Lipinski definition) is 2. The smallest absolute Gasteiger partial charge is 0.108 e. The molecule has 6 heteroatoms. The van der Waals surface area contributed by atoms with Gasteiger partial charge in [0.2, 0.25) is 0 Å². The van der Waals surface area contributed by atoms with Gasteiger partial charge in [-0.15, -0.1) is 0 Å². The maximum absolute atomic E-state index is 6.85. The molecular formula is C23H43ClN3Si2. The topological polar surface area (TPSA) is 29.3 Å². The van der Waals surface area contributed by atoms with Crippen molar-refractivity contribution >= 4 is 29.7 Å². The van der Waals surface area contributed by atoms with Crippen LogP contribution in [-0.4, -0.2) is 63.1 Å². The Bertz CT molecular complexity index is 705. The molecule has 3 atom stereocenters. The van der Waals surface area contributed by atoms with Crippen molar-refractivity contribution in [2.75, 3.05) is 44.9 Å². The van der Waals surface area contributed by atoms with E-state index >= 15 is 0 Å². The Morgan fingerprint density at radius 1 is 1.17 bits per heavy atom. The number of hydrogen-bond donors (Lipinski definition) is 1. The van der Waals surface area contributed by atoms with Crippen LogP contribution in [0.1, 0.15) is 50.8 Å². The highest BCUT2D eigenvalue weighted by Gasteiger charge is 2.36. The van der Waals surface area contributed by atoms with Gasteiger partial charge in [0.25, 0.3) is 0 Å². The number of benzene rings is 1. The lowest BCUT2D eigenvalue weighted by atomic mass is 9.79. The maximum atomic E-state index is 6.85. The third-order valence-electron chi connectivity index (χ3n) is 7.36.